The van der Waals surface area contributed by atoms with E-state index in [0.29, 0.717) is 5.56 Å². The van der Waals surface area contributed by atoms with Gasteiger partial charge < -0.3 is 10.3 Å². The molecule has 2 aromatic rings. The van der Waals surface area contributed by atoms with Crippen molar-refractivity contribution in [3.63, 3.8) is 0 Å². The minimum absolute atomic E-state index is 0.0104. The minimum Gasteiger partial charge on any atom is -0.507 e. The highest BCUT2D eigenvalue weighted by atomic mass is 19.1. The van der Waals surface area contributed by atoms with E-state index >= 15 is 4.39 Å². The lowest BCUT2D eigenvalue weighted by molar-refractivity contribution is 0.321. The molecule has 0 atom stereocenters. The van der Waals surface area contributed by atoms with Crippen molar-refractivity contribution in [2.75, 3.05) is 0 Å². The highest BCUT2D eigenvalue weighted by molar-refractivity contribution is 5.86. The monoisotopic (exact) mass is 355 g/mol. The molecule has 0 bridgehead atoms. The molecule has 0 aliphatic heterocycles. The van der Waals surface area contributed by atoms with Crippen molar-refractivity contribution < 1.29 is 14.7 Å². The van der Waals surface area contributed by atoms with Crippen LogP contribution in [0.4, 0.5) is 4.39 Å². The minimum atomic E-state index is -0.585. The summed E-state index contributed by atoms with van der Waals surface area (Å²) in [6.45, 7) is 10.9. The van der Waals surface area contributed by atoms with Gasteiger partial charge in [0.2, 0.25) is 0 Å². The number of hydrogen-bond acceptors (Lipinski definition) is 3. The maximum atomic E-state index is 15.0. The van der Waals surface area contributed by atoms with Crippen LogP contribution in [0, 0.1) is 12.7 Å². The average molecular weight is 355 g/mol. The molecule has 0 radical (unpaired) electrons. The van der Waals surface area contributed by atoms with E-state index in [4.69, 9.17) is 5.21 Å². The van der Waals surface area contributed by atoms with Crippen LogP contribution in [0.3, 0.4) is 0 Å². The Hall–Kier alpha value is -2.36. The van der Waals surface area contributed by atoms with Crippen LogP contribution in [0.5, 0.6) is 5.75 Å². The van der Waals surface area contributed by atoms with Crippen LogP contribution in [0.25, 0.3) is 11.1 Å². The molecule has 0 saturated carbocycles. The molecule has 0 amide bonds. The third-order valence-electron chi connectivity index (χ3n) is 5.81. The first kappa shape index (κ1) is 18.4. The predicted molar refractivity (Wildman–Crippen MR) is 103 cm³/mol. The van der Waals surface area contributed by atoms with Gasteiger partial charge in [-0.2, -0.15) is 0 Å². The molecule has 26 heavy (non-hydrogen) atoms. The fraction of sp³-hybridized carbons (Fsp3) is 0.409. The van der Waals surface area contributed by atoms with E-state index in [1.807, 2.05) is 13.0 Å². The number of oxime groups is 1. The van der Waals surface area contributed by atoms with Gasteiger partial charge in [0.25, 0.3) is 0 Å². The second kappa shape index (κ2) is 6.11. The first-order valence-corrected chi connectivity index (χ1v) is 8.93. The van der Waals surface area contributed by atoms with Gasteiger partial charge in [0.15, 0.2) is 0 Å². The Morgan fingerprint density at radius 1 is 1.04 bits per heavy atom. The zero-order valence-corrected chi connectivity index (χ0v) is 16.0. The quantitative estimate of drug-likeness (QED) is 0.415. The van der Waals surface area contributed by atoms with E-state index in [9.17, 15) is 5.11 Å². The lowest BCUT2D eigenvalue weighted by Crippen LogP contribution is -2.34. The lowest BCUT2D eigenvalue weighted by Gasteiger charge is -2.42. The molecule has 1 aliphatic carbocycles. The smallest absolute Gasteiger partial charge is 0.143 e. The molecule has 0 fully saturated rings. The summed E-state index contributed by atoms with van der Waals surface area (Å²) >= 11 is 0. The third kappa shape index (κ3) is 2.87. The van der Waals surface area contributed by atoms with E-state index in [-0.39, 0.29) is 27.7 Å². The summed E-state index contributed by atoms with van der Waals surface area (Å²) in [7, 11) is 0. The Morgan fingerprint density at radius 2 is 1.62 bits per heavy atom. The molecule has 2 aromatic carbocycles. The average Bonchev–Trinajstić information content (AvgIpc) is 2.56. The highest BCUT2D eigenvalue weighted by Crippen LogP contribution is 2.48. The molecule has 2 N–H and O–H groups in total. The van der Waals surface area contributed by atoms with Crippen molar-refractivity contribution in [1.82, 2.24) is 0 Å². The number of rotatable bonds is 2. The molecule has 0 spiro atoms. The summed E-state index contributed by atoms with van der Waals surface area (Å²) in [5.74, 6) is -0.702. The van der Waals surface area contributed by atoms with Crippen LogP contribution in [0.15, 0.2) is 29.4 Å². The number of halogens is 1. The fourth-order valence-electron chi connectivity index (χ4n) is 3.99. The lowest BCUT2D eigenvalue weighted by atomic mass is 9.62. The first-order chi connectivity index (χ1) is 12.1. The van der Waals surface area contributed by atoms with Gasteiger partial charge in [0, 0.05) is 5.56 Å². The summed E-state index contributed by atoms with van der Waals surface area (Å²) < 4.78 is 15.0. The van der Waals surface area contributed by atoms with Gasteiger partial charge in [-0.05, 0) is 71.0 Å². The summed E-state index contributed by atoms with van der Waals surface area (Å²) in [6, 6.07) is 7.00. The zero-order chi connectivity index (χ0) is 19.3. The maximum Gasteiger partial charge on any atom is 0.143 e. The number of aryl methyl sites for hydroxylation is 1. The summed E-state index contributed by atoms with van der Waals surface area (Å²) in [5.41, 5.74) is 4.44. The van der Waals surface area contributed by atoms with Crippen molar-refractivity contribution >= 4 is 6.21 Å². The summed E-state index contributed by atoms with van der Waals surface area (Å²) in [4.78, 5) is 0. The van der Waals surface area contributed by atoms with Gasteiger partial charge in [-0.15, -0.1) is 0 Å². The van der Waals surface area contributed by atoms with Crippen LogP contribution in [-0.4, -0.2) is 16.5 Å². The van der Waals surface area contributed by atoms with Crippen LogP contribution in [0.2, 0.25) is 0 Å². The van der Waals surface area contributed by atoms with Gasteiger partial charge in [0.05, 0.1) is 11.8 Å². The normalized spacial score (nSPS) is 18.1. The van der Waals surface area contributed by atoms with Crippen molar-refractivity contribution in [3.8, 4) is 16.9 Å². The van der Waals surface area contributed by atoms with E-state index in [2.05, 4.69) is 38.9 Å². The van der Waals surface area contributed by atoms with Crippen molar-refractivity contribution in [2.24, 2.45) is 5.16 Å². The number of hydrogen-bond donors (Lipinski definition) is 2. The van der Waals surface area contributed by atoms with E-state index in [0.717, 1.165) is 24.6 Å². The van der Waals surface area contributed by atoms with E-state index in [1.165, 1.54) is 23.3 Å². The maximum absolute atomic E-state index is 15.0. The van der Waals surface area contributed by atoms with Gasteiger partial charge in [-0.1, -0.05) is 38.9 Å². The van der Waals surface area contributed by atoms with Crippen LogP contribution >= 0.6 is 0 Å². The Morgan fingerprint density at radius 3 is 2.19 bits per heavy atom. The third-order valence-corrected chi connectivity index (χ3v) is 5.81. The number of benzene rings is 2. The number of fused-ring (bicyclic) bond motifs is 1. The zero-order valence-electron chi connectivity index (χ0n) is 16.0. The topological polar surface area (TPSA) is 52.8 Å². The Bertz CT molecular complexity index is 898. The predicted octanol–water partition coefficient (Wildman–Crippen LogP) is 5.66. The van der Waals surface area contributed by atoms with Gasteiger partial charge in [0.1, 0.15) is 11.6 Å². The van der Waals surface area contributed by atoms with Crippen LogP contribution in [0.1, 0.15) is 62.8 Å². The largest absolute Gasteiger partial charge is 0.507 e. The first-order valence-electron chi connectivity index (χ1n) is 8.93. The molecule has 4 heteroatoms. The van der Waals surface area contributed by atoms with E-state index in [1.54, 1.807) is 0 Å². The fourth-order valence-corrected chi connectivity index (χ4v) is 3.99. The van der Waals surface area contributed by atoms with Crippen molar-refractivity contribution in [1.29, 1.82) is 0 Å². The molecule has 3 rings (SSSR count). The molecule has 0 aromatic heterocycles. The van der Waals surface area contributed by atoms with Gasteiger partial charge >= 0.3 is 0 Å². The molecule has 0 saturated heterocycles. The molecule has 1 aliphatic rings. The highest BCUT2D eigenvalue weighted by Gasteiger charge is 2.37. The molecular weight excluding hydrogens is 329 g/mol. The van der Waals surface area contributed by atoms with Gasteiger partial charge in [-0.3, -0.25) is 0 Å². The molecular formula is C22H26FNO2. The summed E-state index contributed by atoms with van der Waals surface area (Å²) in [6.07, 6.45) is 3.20. The van der Waals surface area contributed by atoms with Crippen LogP contribution in [-0.2, 0) is 10.8 Å². The second-order valence-corrected chi connectivity index (χ2v) is 8.59. The van der Waals surface area contributed by atoms with Crippen molar-refractivity contribution in [3.05, 3.63) is 52.3 Å². The standard InChI is InChI=1S/C22H26FNO2/c1-13-10-16-17(22(4,5)9-8-21(16,2)3)11-15(13)19-18(25)7-6-14(12-24-26)20(19)23/h6-7,10-12,25-26H,8-9H2,1-5H3. The van der Waals surface area contributed by atoms with Gasteiger partial charge in [-0.25, -0.2) is 4.39 Å². The number of aromatic hydroxyl groups is 1. The molecule has 0 unspecified atom stereocenters. The Balaban J connectivity index is 2.31. The SMILES string of the molecule is Cc1cc2c(cc1-c1c(O)ccc(C=NO)c1F)C(C)(C)CCC2(C)C. The van der Waals surface area contributed by atoms with Crippen molar-refractivity contribution in [2.45, 2.75) is 58.3 Å². The Kier molecular flexibility index (Phi) is 4.33. The molecule has 3 nitrogen and oxygen atoms in total. The number of phenolic OH excluding ortho intramolecular Hbond substituents is 1. The number of phenols is 1. The number of nitrogens with zero attached hydrogens (tertiary/aromatic N) is 1. The summed E-state index contributed by atoms with van der Waals surface area (Å²) in [5, 5.41) is 22.0. The molecule has 138 valence electrons. The Labute approximate surface area is 154 Å². The van der Waals surface area contributed by atoms with Crippen LogP contribution < -0.4 is 0 Å². The molecule has 0 heterocycles. The van der Waals surface area contributed by atoms with E-state index < -0.39 is 5.82 Å². The second-order valence-electron chi connectivity index (χ2n) is 8.59.